The van der Waals surface area contributed by atoms with Crippen LogP contribution < -0.4 is 20.7 Å². The highest BCUT2D eigenvalue weighted by atomic mass is 35.5. The number of nitrogens with one attached hydrogen (secondary N) is 3. The molecule has 1 aromatic carbocycles. The molecule has 1 heterocycles. The molecular formula is C27H33ClF3N3O6S. The lowest BCUT2D eigenvalue weighted by molar-refractivity contribution is -0.175. The third-order valence-corrected chi connectivity index (χ3v) is 6.86. The quantitative estimate of drug-likeness (QED) is 0.323. The number of Topliss-reactive ketones (excluding diaryl/α,β-unsaturated/α-hetero) is 1. The standard InChI is InChI=1S/C27H33ClF3N3O6S/c1-14(2)20(22(35)27(29,30)31)33-25(38)21(15-7-9-16(39-6)10-8-15)34-23(36)17(13-40-26(3,4)5)32-24(37)18-11-12-19(28)41-18/h7-12,14,17,20-21H,13H2,1-6H3,(H,32,37)(H,33,38)(H,34,36). The predicted octanol–water partition coefficient (Wildman–Crippen LogP) is 4.45. The molecule has 0 bridgehead atoms. The Hall–Kier alpha value is -3.16. The summed E-state index contributed by atoms with van der Waals surface area (Å²) in [4.78, 5) is 51.9. The van der Waals surface area contributed by atoms with Crippen molar-refractivity contribution in [2.75, 3.05) is 13.7 Å². The predicted molar refractivity (Wildman–Crippen MR) is 148 cm³/mol. The maximum atomic E-state index is 13.5. The number of alkyl halides is 3. The summed E-state index contributed by atoms with van der Waals surface area (Å²) in [6, 6.07) is 4.09. The van der Waals surface area contributed by atoms with Crippen LogP contribution in [-0.2, 0) is 19.1 Å². The topological polar surface area (TPSA) is 123 Å². The Morgan fingerprint density at radius 1 is 0.927 bits per heavy atom. The van der Waals surface area contributed by atoms with E-state index in [1.807, 2.05) is 0 Å². The highest BCUT2D eigenvalue weighted by Gasteiger charge is 2.45. The summed E-state index contributed by atoms with van der Waals surface area (Å²) in [7, 11) is 1.42. The average molecular weight is 620 g/mol. The number of thiophene rings is 1. The van der Waals surface area contributed by atoms with Crippen LogP contribution in [0.2, 0.25) is 4.34 Å². The van der Waals surface area contributed by atoms with Gasteiger partial charge in [-0.25, -0.2) is 0 Å². The number of carbonyl (C=O) groups excluding carboxylic acids is 4. The Balaban J connectivity index is 2.41. The van der Waals surface area contributed by atoms with Crippen molar-refractivity contribution in [3.8, 4) is 5.75 Å². The Bertz CT molecular complexity index is 1230. The number of carbonyl (C=O) groups is 4. The van der Waals surface area contributed by atoms with E-state index >= 15 is 0 Å². The zero-order valence-electron chi connectivity index (χ0n) is 23.4. The van der Waals surface area contributed by atoms with Gasteiger partial charge >= 0.3 is 6.18 Å². The van der Waals surface area contributed by atoms with Crippen molar-refractivity contribution in [2.45, 2.75) is 64.5 Å². The van der Waals surface area contributed by atoms with Crippen LogP contribution in [0, 0.1) is 5.92 Å². The van der Waals surface area contributed by atoms with Crippen LogP contribution in [-0.4, -0.2) is 61.1 Å². The van der Waals surface area contributed by atoms with Gasteiger partial charge in [0.25, 0.3) is 11.7 Å². The monoisotopic (exact) mass is 619 g/mol. The molecule has 14 heteroatoms. The van der Waals surface area contributed by atoms with Crippen molar-refractivity contribution in [3.63, 3.8) is 0 Å². The fourth-order valence-corrected chi connectivity index (χ4v) is 4.42. The van der Waals surface area contributed by atoms with E-state index in [1.54, 1.807) is 20.8 Å². The zero-order chi connectivity index (χ0) is 31.1. The van der Waals surface area contributed by atoms with E-state index in [4.69, 9.17) is 21.1 Å². The van der Waals surface area contributed by atoms with Crippen LogP contribution >= 0.6 is 22.9 Å². The molecule has 2 rings (SSSR count). The molecule has 226 valence electrons. The van der Waals surface area contributed by atoms with E-state index in [0.29, 0.717) is 10.1 Å². The van der Waals surface area contributed by atoms with Gasteiger partial charge in [0, 0.05) is 0 Å². The van der Waals surface area contributed by atoms with Gasteiger partial charge in [-0.3, -0.25) is 19.2 Å². The fourth-order valence-electron chi connectivity index (χ4n) is 3.47. The lowest BCUT2D eigenvalue weighted by atomic mass is 9.97. The summed E-state index contributed by atoms with van der Waals surface area (Å²) >= 11 is 6.91. The van der Waals surface area contributed by atoms with E-state index in [0.717, 1.165) is 11.3 Å². The number of ether oxygens (including phenoxy) is 2. The first-order valence-corrected chi connectivity index (χ1v) is 13.7. The van der Waals surface area contributed by atoms with E-state index in [2.05, 4.69) is 16.0 Å². The maximum Gasteiger partial charge on any atom is 0.452 e. The number of hydrogen-bond acceptors (Lipinski definition) is 7. The Kier molecular flexibility index (Phi) is 11.7. The van der Waals surface area contributed by atoms with Crippen molar-refractivity contribution >= 4 is 46.4 Å². The van der Waals surface area contributed by atoms with Crippen LogP contribution in [0.25, 0.3) is 0 Å². The number of benzene rings is 1. The smallest absolute Gasteiger partial charge is 0.452 e. The number of halogens is 4. The summed E-state index contributed by atoms with van der Waals surface area (Å²) in [6.07, 6.45) is -5.19. The van der Waals surface area contributed by atoms with Crippen molar-refractivity contribution in [1.82, 2.24) is 16.0 Å². The lowest BCUT2D eigenvalue weighted by Gasteiger charge is -2.28. The van der Waals surface area contributed by atoms with Gasteiger partial charge in [-0.05, 0) is 56.5 Å². The third-order valence-electron chi connectivity index (χ3n) is 5.63. The van der Waals surface area contributed by atoms with Crippen molar-refractivity contribution in [2.24, 2.45) is 5.92 Å². The van der Waals surface area contributed by atoms with Crippen LogP contribution in [0.3, 0.4) is 0 Å². The second-order valence-electron chi connectivity index (χ2n) is 10.4. The average Bonchev–Trinajstić information content (AvgIpc) is 3.32. The van der Waals surface area contributed by atoms with E-state index in [9.17, 15) is 32.3 Å². The lowest BCUT2D eigenvalue weighted by Crippen LogP contribution is -2.55. The molecule has 9 nitrogen and oxygen atoms in total. The summed E-state index contributed by atoms with van der Waals surface area (Å²) in [6.45, 7) is 7.61. The molecule has 0 saturated carbocycles. The first-order chi connectivity index (χ1) is 18.9. The van der Waals surface area contributed by atoms with Crippen molar-refractivity contribution in [1.29, 1.82) is 0 Å². The molecule has 0 aliphatic carbocycles. The number of amides is 3. The molecule has 3 atom stereocenters. The third kappa shape index (κ3) is 10.3. The minimum Gasteiger partial charge on any atom is -0.497 e. The summed E-state index contributed by atoms with van der Waals surface area (Å²) < 4.78 is 50.9. The molecule has 1 aromatic heterocycles. The minimum absolute atomic E-state index is 0.186. The Morgan fingerprint density at radius 2 is 1.54 bits per heavy atom. The molecular weight excluding hydrogens is 587 g/mol. The molecule has 3 unspecified atom stereocenters. The van der Waals surface area contributed by atoms with Gasteiger partial charge < -0.3 is 25.4 Å². The first-order valence-electron chi connectivity index (χ1n) is 12.5. The molecule has 0 aliphatic heterocycles. The fraction of sp³-hybridized carbons (Fsp3) is 0.481. The molecule has 2 aromatic rings. The van der Waals surface area contributed by atoms with Gasteiger partial charge in [0.05, 0.1) is 34.6 Å². The van der Waals surface area contributed by atoms with Gasteiger partial charge in [0.15, 0.2) is 0 Å². The maximum absolute atomic E-state index is 13.5. The minimum atomic E-state index is -5.19. The molecule has 3 amide bonds. The van der Waals surface area contributed by atoms with Gasteiger partial charge in [-0.1, -0.05) is 37.6 Å². The SMILES string of the molecule is COc1ccc(C(NC(=O)C(COC(C)(C)C)NC(=O)c2ccc(Cl)s2)C(=O)NC(C(=O)C(F)(F)F)C(C)C)cc1. The molecule has 41 heavy (non-hydrogen) atoms. The summed E-state index contributed by atoms with van der Waals surface area (Å²) in [5.41, 5.74) is -0.518. The van der Waals surface area contributed by atoms with E-state index < -0.39 is 59.3 Å². The molecule has 0 spiro atoms. The molecule has 0 radical (unpaired) electrons. The number of methoxy groups -OCH3 is 1. The number of rotatable bonds is 12. The van der Waals surface area contributed by atoms with Gasteiger partial charge in [0.1, 0.15) is 17.8 Å². The van der Waals surface area contributed by atoms with Crippen molar-refractivity contribution < 1.29 is 41.8 Å². The van der Waals surface area contributed by atoms with Gasteiger partial charge in [-0.2, -0.15) is 13.2 Å². The van der Waals surface area contributed by atoms with Crippen LogP contribution in [0.4, 0.5) is 13.2 Å². The summed E-state index contributed by atoms with van der Waals surface area (Å²) in [5.74, 6) is -5.16. The van der Waals surface area contributed by atoms with Crippen LogP contribution in [0.1, 0.15) is 55.9 Å². The largest absolute Gasteiger partial charge is 0.497 e. The van der Waals surface area contributed by atoms with Gasteiger partial charge in [-0.15, -0.1) is 11.3 Å². The highest BCUT2D eigenvalue weighted by Crippen LogP contribution is 2.24. The van der Waals surface area contributed by atoms with E-state index in [1.165, 1.54) is 57.4 Å². The summed E-state index contributed by atoms with van der Waals surface area (Å²) in [5, 5.41) is 7.17. The number of ketones is 1. The van der Waals surface area contributed by atoms with E-state index in [-0.39, 0.29) is 17.0 Å². The molecule has 0 aliphatic rings. The first kappa shape index (κ1) is 34.0. The Morgan fingerprint density at radius 3 is 2.00 bits per heavy atom. The second kappa shape index (κ2) is 14.1. The molecule has 0 fully saturated rings. The normalized spacial score (nSPS) is 14.1. The molecule has 0 saturated heterocycles. The molecule has 3 N–H and O–H groups in total. The van der Waals surface area contributed by atoms with Crippen LogP contribution in [0.15, 0.2) is 36.4 Å². The second-order valence-corrected chi connectivity index (χ2v) is 12.1. The Labute approximate surface area is 245 Å². The van der Waals surface area contributed by atoms with Crippen molar-refractivity contribution in [3.05, 3.63) is 51.2 Å². The van der Waals surface area contributed by atoms with Gasteiger partial charge in [0.2, 0.25) is 11.8 Å². The highest BCUT2D eigenvalue weighted by molar-refractivity contribution is 7.18. The number of hydrogen-bond donors (Lipinski definition) is 3. The van der Waals surface area contributed by atoms with Crippen LogP contribution in [0.5, 0.6) is 5.75 Å². The zero-order valence-corrected chi connectivity index (χ0v) is 24.9.